The second-order valence-corrected chi connectivity index (χ2v) is 10.5. The number of nitrogens with zero attached hydrogens (tertiary/aromatic N) is 3. The first-order valence-electron chi connectivity index (χ1n) is 11.3. The van der Waals surface area contributed by atoms with E-state index in [1.165, 1.54) is 23.5 Å². The number of nitrogens with one attached hydrogen (secondary N) is 1. The molecule has 7 nitrogen and oxygen atoms in total. The van der Waals surface area contributed by atoms with Gasteiger partial charge in [-0.15, -0.1) is 22.7 Å². The van der Waals surface area contributed by atoms with E-state index >= 15 is 0 Å². The molecule has 3 aromatic heterocycles. The first kappa shape index (κ1) is 24.4. The number of fused-ring (bicyclic) bond motifs is 1. The number of carbonyl (C=O) groups is 1. The third kappa shape index (κ3) is 4.50. The van der Waals surface area contributed by atoms with Crippen LogP contribution in [0.4, 0.5) is 21.0 Å². The quantitative estimate of drug-likeness (QED) is 0.234. The van der Waals surface area contributed by atoms with Crippen molar-refractivity contribution in [3.63, 3.8) is 0 Å². The lowest BCUT2D eigenvalue weighted by atomic mass is 9.94. The number of amides is 1. The van der Waals surface area contributed by atoms with Crippen molar-refractivity contribution in [2.24, 2.45) is 0 Å². The average Bonchev–Trinajstić information content (AvgIpc) is 3.48. The van der Waals surface area contributed by atoms with Crippen LogP contribution < -0.4 is 16.8 Å². The van der Waals surface area contributed by atoms with Crippen LogP contribution in [-0.4, -0.2) is 15.9 Å². The van der Waals surface area contributed by atoms with Gasteiger partial charge in [0.05, 0.1) is 11.4 Å². The summed E-state index contributed by atoms with van der Waals surface area (Å²) in [6.45, 7) is 4.20. The molecule has 0 saturated carbocycles. The summed E-state index contributed by atoms with van der Waals surface area (Å²) >= 11 is 2.35. The Hall–Kier alpha value is -4.33. The number of nitrogen functional groups attached to an aromatic ring is 2. The molecule has 1 amide bonds. The topological polar surface area (TPSA) is 131 Å². The zero-order valence-electron chi connectivity index (χ0n) is 19.9. The summed E-state index contributed by atoms with van der Waals surface area (Å²) in [5.41, 5.74) is 16.9. The highest BCUT2D eigenvalue weighted by molar-refractivity contribution is 7.21. The van der Waals surface area contributed by atoms with Crippen LogP contribution in [0.5, 0.6) is 0 Å². The highest BCUT2D eigenvalue weighted by atomic mass is 32.1. The number of thiophene rings is 1. The molecule has 0 aliphatic heterocycles. The van der Waals surface area contributed by atoms with Crippen molar-refractivity contribution in [1.82, 2.24) is 9.97 Å². The van der Waals surface area contributed by atoms with E-state index in [0.29, 0.717) is 32.5 Å². The fourth-order valence-electron chi connectivity index (χ4n) is 4.01. The van der Waals surface area contributed by atoms with E-state index in [2.05, 4.69) is 35.2 Å². The van der Waals surface area contributed by atoms with Gasteiger partial charge in [0, 0.05) is 21.9 Å². The van der Waals surface area contributed by atoms with E-state index in [-0.39, 0.29) is 27.8 Å². The first-order valence-corrected chi connectivity index (χ1v) is 13.0. The van der Waals surface area contributed by atoms with Crippen LogP contribution in [-0.2, 0) is 0 Å². The number of carbonyl (C=O) groups excluding carboxylic acids is 1. The Bertz CT molecular complexity index is 1680. The Labute approximate surface area is 220 Å². The third-order valence-electron chi connectivity index (χ3n) is 5.95. The van der Waals surface area contributed by atoms with Gasteiger partial charge in [-0.05, 0) is 41.3 Å². The minimum atomic E-state index is -0.446. The predicted octanol–water partition coefficient (Wildman–Crippen LogP) is 6.64. The van der Waals surface area contributed by atoms with E-state index in [1.807, 2.05) is 24.3 Å². The number of thiazole rings is 1. The second kappa shape index (κ2) is 9.61. The minimum Gasteiger partial charge on any atom is -0.397 e. The van der Waals surface area contributed by atoms with Gasteiger partial charge in [0.1, 0.15) is 33.0 Å². The smallest absolute Gasteiger partial charge is 0.269 e. The molecule has 0 saturated heterocycles. The van der Waals surface area contributed by atoms with Crippen LogP contribution in [0.25, 0.3) is 32.6 Å². The van der Waals surface area contributed by atoms with Gasteiger partial charge < -0.3 is 11.5 Å². The van der Waals surface area contributed by atoms with Crippen LogP contribution in [0.3, 0.4) is 0 Å². The van der Waals surface area contributed by atoms with Crippen molar-refractivity contribution in [2.45, 2.75) is 19.8 Å². The maximum Gasteiger partial charge on any atom is 0.269 e. The lowest BCUT2D eigenvalue weighted by molar-refractivity contribution is 0.103. The van der Waals surface area contributed by atoms with Crippen LogP contribution in [0.2, 0.25) is 0 Å². The third-order valence-corrected chi connectivity index (χ3v) is 7.81. The SMILES string of the molecule is CC(C)c1ccc(-c2c(C#N)c(N)nc3sc(C(=O)Nc4nc(-c5ccc(F)cc5)cs4)c(N)c23)cc1. The van der Waals surface area contributed by atoms with Gasteiger partial charge in [0.15, 0.2) is 5.13 Å². The molecule has 0 radical (unpaired) electrons. The molecule has 5 N–H and O–H groups in total. The van der Waals surface area contributed by atoms with Crippen LogP contribution >= 0.6 is 22.7 Å². The number of hydrogen-bond acceptors (Lipinski definition) is 8. The molecule has 0 fully saturated rings. The zero-order valence-corrected chi connectivity index (χ0v) is 21.5. The summed E-state index contributed by atoms with van der Waals surface area (Å²) in [4.78, 5) is 22.7. The molecular formula is C27H21FN6OS2. The Kier molecular flexibility index (Phi) is 6.33. The van der Waals surface area contributed by atoms with E-state index in [9.17, 15) is 14.4 Å². The molecule has 10 heteroatoms. The Morgan fingerprint density at radius 1 is 1.05 bits per heavy atom. The zero-order chi connectivity index (χ0) is 26.3. The van der Waals surface area contributed by atoms with Crippen molar-refractivity contribution in [3.8, 4) is 28.5 Å². The van der Waals surface area contributed by atoms with Gasteiger partial charge in [-0.1, -0.05) is 38.1 Å². The molecule has 0 spiro atoms. The first-order chi connectivity index (χ1) is 17.8. The molecule has 0 aliphatic carbocycles. The standard InChI is InChI=1S/C27H21FN6OS2/c1-13(2)14-3-5-16(6-4-14)20-18(11-29)24(31)33-26-21(20)22(30)23(37-26)25(35)34-27-32-19(12-36-27)15-7-9-17(28)10-8-15/h3-10,12-13H,30H2,1-2H3,(H2,31,33)(H,32,34,35). The summed E-state index contributed by atoms with van der Waals surface area (Å²) in [6.07, 6.45) is 0. The molecule has 0 atom stereocenters. The van der Waals surface area contributed by atoms with Gasteiger partial charge in [0.2, 0.25) is 0 Å². The number of anilines is 3. The van der Waals surface area contributed by atoms with E-state index < -0.39 is 5.91 Å². The summed E-state index contributed by atoms with van der Waals surface area (Å²) in [6, 6.07) is 16.0. The molecule has 2 aromatic carbocycles. The van der Waals surface area contributed by atoms with Gasteiger partial charge in [-0.25, -0.2) is 14.4 Å². The molecule has 3 heterocycles. The molecule has 5 aromatic rings. The average molecular weight is 529 g/mol. The highest BCUT2D eigenvalue weighted by Gasteiger charge is 2.25. The molecule has 0 unspecified atom stereocenters. The van der Waals surface area contributed by atoms with Crippen molar-refractivity contribution in [2.75, 3.05) is 16.8 Å². The number of hydrogen-bond donors (Lipinski definition) is 3. The Morgan fingerprint density at radius 2 is 1.73 bits per heavy atom. The molecule has 184 valence electrons. The number of rotatable bonds is 5. The minimum absolute atomic E-state index is 0.0787. The number of benzene rings is 2. The monoisotopic (exact) mass is 528 g/mol. The van der Waals surface area contributed by atoms with E-state index in [4.69, 9.17) is 11.5 Å². The largest absolute Gasteiger partial charge is 0.397 e. The van der Waals surface area contributed by atoms with Gasteiger partial charge in [-0.2, -0.15) is 5.26 Å². The molecule has 0 aliphatic rings. The van der Waals surface area contributed by atoms with Gasteiger partial charge in [0.25, 0.3) is 5.91 Å². The van der Waals surface area contributed by atoms with Crippen LogP contribution in [0.15, 0.2) is 53.9 Å². The number of nitrogens with two attached hydrogens (primary N) is 2. The molecular weight excluding hydrogens is 507 g/mol. The van der Waals surface area contributed by atoms with Crippen LogP contribution in [0.1, 0.15) is 40.6 Å². The Balaban J connectivity index is 1.54. The molecule has 37 heavy (non-hydrogen) atoms. The Morgan fingerprint density at radius 3 is 2.38 bits per heavy atom. The van der Waals surface area contributed by atoms with E-state index in [0.717, 1.165) is 28.0 Å². The lowest BCUT2D eigenvalue weighted by Gasteiger charge is -2.11. The molecule has 0 bridgehead atoms. The predicted molar refractivity (Wildman–Crippen MR) is 148 cm³/mol. The number of halogens is 1. The summed E-state index contributed by atoms with van der Waals surface area (Å²) in [5, 5.41) is 15.3. The van der Waals surface area contributed by atoms with Crippen molar-refractivity contribution < 1.29 is 9.18 Å². The summed E-state index contributed by atoms with van der Waals surface area (Å²) in [7, 11) is 0. The van der Waals surface area contributed by atoms with Crippen molar-refractivity contribution in [3.05, 3.63) is 75.7 Å². The maximum absolute atomic E-state index is 13.2. The number of aromatic nitrogens is 2. The molecule has 5 rings (SSSR count). The van der Waals surface area contributed by atoms with Gasteiger partial charge in [-0.3, -0.25) is 10.1 Å². The van der Waals surface area contributed by atoms with Crippen molar-refractivity contribution >= 4 is 55.4 Å². The van der Waals surface area contributed by atoms with Crippen molar-refractivity contribution in [1.29, 1.82) is 5.26 Å². The van der Waals surface area contributed by atoms with E-state index in [1.54, 1.807) is 17.5 Å². The number of nitriles is 1. The maximum atomic E-state index is 13.2. The number of pyridine rings is 1. The second-order valence-electron chi connectivity index (χ2n) is 8.66. The normalized spacial score (nSPS) is 11.1. The highest BCUT2D eigenvalue weighted by Crippen LogP contribution is 2.43. The van der Waals surface area contributed by atoms with Gasteiger partial charge >= 0.3 is 0 Å². The lowest BCUT2D eigenvalue weighted by Crippen LogP contribution is -2.11. The van der Waals surface area contributed by atoms with Crippen LogP contribution in [0, 0.1) is 17.1 Å². The summed E-state index contributed by atoms with van der Waals surface area (Å²) < 4.78 is 13.2. The fourth-order valence-corrected chi connectivity index (χ4v) is 5.74. The fraction of sp³-hybridized carbons (Fsp3) is 0.111. The summed E-state index contributed by atoms with van der Waals surface area (Å²) in [5.74, 6) is -0.353.